The molecule has 2 amide bonds. The van der Waals surface area contributed by atoms with E-state index in [1.807, 2.05) is 48.5 Å². The molecule has 19 heteroatoms. The number of guanidine groups is 1. The van der Waals surface area contributed by atoms with Crippen molar-refractivity contribution in [3.8, 4) is 16.9 Å². The minimum atomic E-state index is -1.24. The zero-order valence-corrected chi connectivity index (χ0v) is 32.5. The van der Waals surface area contributed by atoms with Gasteiger partial charge < -0.3 is 36.5 Å². The van der Waals surface area contributed by atoms with Gasteiger partial charge in [0.2, 0.25) is 11.9 Å². The number of nitrogens with one attached hydrogen (secondary N) is 2. The van der Waals surface area contributed by atoms with Crippen LogP contribution in [0.1, 0.15) is 45.4 Å². The number of aromatic carboxylic acids is 1. The van der Waals surface area contributed by atoms with Crippen molar-refractivity contribution >= 4 is 58.8 Å². The number of ether oxygens (including phenoxy) is 2. The molecule has 8 N–H and O–H groups in total. The number of amides is 2. The topological polar surface area (TPSA) is 264 Å². The van der Waals surface area contributed by atoms with Gasteiger partial charge in [0.15, 0.2) is 0 Å². The van der Waals surface area contributed by atoms with E-state index >= 15 is 0 Å². The van der Waals surface area contributed by atoms with Crippen molar-refractivity contribution in [2.75, 3.05) is 26.3 Å². The molecule has 1 aliphatic carbocycles. The number of rotatable bonds is 13. The summed E-state index contributed by atoms with van der Waals surface area (Å²) in [6.45, 7) is -0.0481. The second-order valence-corrected chi connectivity index (χ2v) is 12.2. The number of carbonyl (C=O) groups is 4. The average molecular weight is 1030 g/mol. The monoisotopic (exact) mass is 1030 g/mol. The minimum Gasteiger partial charge on any atom is -0.493 e. The number of alkyl carbamates (subject to hydrolysis) is 1. The molecule has 4 aromatic carbocycles. The Hall–Kier alpha value is -7.32. The molecule has 0 saturated heterocycles. The minimum absolute atomic E-state index is 0. The van der Waals surface area contributed by atoms with Crippen LogP contribution in [0.5, 0.6) is 5.75 Å². The van der Waals surface area contributed by atoms with Crippen LogP contribution >= 0.6 is 23.2 Å². The average Bonchev–Trinajstić information content (AvgIpc) is 3.45. The summed E-state index contributed by atoms with van der Waals surface area (Å²) in [5, 5.41) is 27.2. The zero-order chi connectivity index (χ0) is 39.2. The van der Waals surface area contributed by atoms with Gasteiger partial charge in [0.25, 0.3) is 0 Å². The molecule has 16 nitrogen and oxygen atoms in total. The molecule has 0 saturated carbocycles. The number of carbonyl (C=O) groups excluding carboxylic acids is 2. The second-order valence-electron chi connectivity index (χ2n) is 11.4. The number of carboxylic acids is 2. The van der Waals surface area contributed by atoms with Gasteiger partial charge in [-0.3, -0.25) is 14.9 Å². The number of aliphatic imine (C=N–C) groups is 1. The van der Waals surface area contributed by atoms with Gasteiger partial charge in [-0.15, -0.1) is 0 Å². The number of fused-ring (bicyclic) bond motifs is 3. The fraction of sp³-hybridized carbons (Fsp3) is 0.194. The molecule has 0 fully saturated rings. The van der Waals surface area contributed by atoms with Crippen molar-refractivity contribution in [3.05, 3.63) is 128 Å². The number of benzene rings is 4. The summed E-state index contributed by atoms with van der Waals surface area (Å²) in [5.41, 5.74) is 24.2. The Balaban J connectivity index is 0.000000362. The van der Waals surface area contributed by atoms with Crippen molar-refractivity contribution in [1.82, 2.24) is 10.6 Å². The Morgan fingerprint density at radius 2 is 1.55 bits per heavy atom. The maximum absolute atomic E-state index is 12.4. The second kappa shape index (κ2) is 20.1. The van der Waals surface area contributed by atoms with Crippen LogP contribution in [0.3, 0.4) is 0 Å². The Morgan fingerprint density at radius 3 is 2.11 bits per heavy atom. The Bertz CT molecular complexity index is 2050. The molecule has 0 aromatic heterocycles. The van der Waals surface area contributed by atoms with Gasteiger partial charge in [0.1, 0.15) is 17.9 Å². The Morgan fingerprint density at radius 1 is 0.927 bits per heavy atom. The molecule has 0 radical (unpaired) electrons. The molecule has 1 atom stereocenters. The molecule has 0 bridgehead atoms. The molecule has 55 heavy (non-hydrogen) atoms. The van der Waals surface area contributed by atoms with Gasteiger partial charge in [-0.2, -0.15) is 0 Å². The Kier molecular flexibility index (Phi) is 15.4. The van der Waals surface area contributed by atoms with E-state index in [0.717, 1.165) is 22.3 Å². The predicted octanol–water partition coefficient (Wildman–Crippen LogP) is 6.14. The van der Waals surface area contributed by atoms with Gasteiger partial charge in [0.05, 0.1) is 37.8 Å². The summed E-state index contributed by atoms with van der Waals surface area (Å²) in [6, 6.07) is 24.0. The maximum Gasteiger partial charge on any atom is 0.413 e. The van der Waals surface area contributed by atoms with E-state index in [0.29, 0.717) is 15.6 Å². The molecular formula is C36H34Cl2FmN8O8. The molecule has 1 unspecified atom stereocenters. The van der Waals surface area contributed by atoms with Crippen molar-refractivity contribution in [2.24, 2.45) is 21.6 Å². The van der Waals surface area contributed by atoms with Gasteiger partial charge in [0, 0.05) is 20.9 Å². The number of aliphatic carboxylic acids is 1. The summed E-state index contributed by atoms with van der Waals surface area (Å²) >= 11 is 11.7. The van der Waals surface area contributed by atoms with Crippen LogP contribution in [0, 0.1) is 0 Å². The van der Waals surface area contributed by atoms with Crippen molar-refractivity contribution in [2.45, 2.75) is 18.4 Å². The number of nitrogens with two attached hydrogens (primary N) is 2. The standard InChI is InChI=1S/C25H22N6O5.C11H12Cl2N2O3.Fm/c26-24(29-15-9-10-22(20(13-15)23(32)33)35-12-11-28-31-27)30-25(34)36-14-21-18-7-3-1-5-16(18)17-6-2-4-8-19(17)21;12-7-1-6(2-8(13)3-7)9(4-11(17)18)15-10(16)5-14;/h1-10,13,21H,11-12,14H2,(H,32,33)(H3,26,29,30,34);1-3,9H,4-5,14H2,(H,15,16)(H,17,18);. The van der Waals surface area contributed by atoms with Crippen molar-refractivity contribution in [3.63, 3.8) is 0 Å². The van der Waals surface area contributed by atoms with E-state index in [1.165, 1.54) is 24.3 Å². The molecule has 292 valence electrons. The van der Waals surface area contributed by atoms with Gasteiger partial charge >= 0.3 is 18.0 Å². The number of hydrogen-bond acceptors (Lipinski definition) is 9. The van der Waals surface area contributed by atoms with Gasteiger partial charge in [-0.1, -0.05) is 76.8 Å². The quantitative estimate of drug-likeness (QED) is 0.0222. The van der Waals surface area contributed by atoms with Gasteiger partial charge in [-0.05, 0) is 69.7 Å². The van der Waals surface area contributed by atoms with E-state index in [9.17, 15) is 24.3 Å². The summed E-state index contributed by atoms with van der Waals surface area (Å²) in [6.07, 6.45) is -1.06. The fourth-order valence-electron chi connectivity index (χ4n) is 5.48. The third kappa shape index (κ3) is 11.8. The summed E-state index contributed by atoms with van der Waals surface area (Å²) < 4.78 is 10.8. The summed E-state index contributed by atoms with van der Waals surface area (Å²) in [7, 11) is 0. The van der Waals surface area contributed by atoms with E-state index in [2.05, 4.69) is 25.7 Å². The van der Waals surface area contributed by atoms with Crippen LogP contribution < -0.4 is 26.8 Å². The molecule has 0 heterocycles. The maximum atomic E-state index is 12.4. The zero-order valence-electron chi connectivity index (χ0n) is 28.6. The van der Waals surface area contributed by atoms with E-state index < -0.39 is 30.0 Å². The fourth-order valence-corrected chi connectivity index (χ4v) is 6.03. The van der Waals surface area contributed by atoms with Crippen LogP contribution in [-0.4, -0.2) is 66.4 Å². The van der Waals surface area contributed by atoms with Crippen molar-refractivity contribution in [1.29, 1.82) is 0 Å². The molecule has 1 aliphatic rings. The number of halogens is 2. The van der Waals surface area contributed by atoms with Crippen LogP contribution in [0.4, 0.5) is 10.5 Å². The third-order valence-corrected chi connectivity index (χ3v) is 8.15. The normalized spacial score (nSPS) is 11.9. The Labute approximate surface area is 318 Å². The third-order valence-electron chi connectivity index (χ3n) is 7.72. The molecule has 0 spiro atoms. The SMILES string of the molecule is NCC(=O)NC(CC(=O)O)c1cc(Cl)cc(Cl)c1.[Fm].[N-]=[N+]=NCCOc1ccc(N=C(N)NC(=O)OCC2c3ccccc3-c3ccccc32)cc1C(=O)O. The summed E-state index contributed by atoms with van der Waals surface area (Å²) in [4.78, 5) is 52.6. The first-order valence-electron chi connectivity index (χ1n) is 16.0. The summed E-state index contributed by atoms with van der Waals surface area (Å²) in [5.74, 6) is -3.02. The van der Waals surface area contributed by atoms with Crippen LogP contribution in [0.25, 0.3) is 21.6 Å². The molecular weight excluding hydrogens is 1000 g/mol. The first-order valence-corrected chi connectivity index (χ1v) is 16.8. The smallest absolute Gasteiger partial charge is 0.413 e. The molecule has 0 aliphatic heterocycles. The largest absolute Gasteiger partial charge is 0.493 e. The first-order chi connectivity index (χ1) is 25.9. The number of hydrogen-bond donors (Lipinski definition) is 6. The number of nitrogens with zero attached hydrogens (tertiary/aromatic N) is 4. The molecule has 4 aromatic rings. The first kappa shape index (κ1) is 42.1. The van der Waals surface area contributed by atoms with Crippen LogP contribution in [0.2, 0.25) is 10.0 Å². The van der Waals surface area contributed by atoms with Crippen LogP contribution in [-0.2, 0) is 14.3 Å². The van der Waals surface area contributed by atoms with E-state index in [4.69, 9.17) is 54.8 Å². The van der Waals surface area contributed by atoms with Crippen LogP contribution in [0.15, 0.2) is 95.0 Å². The molecule has 5 rings (SSSR count). The van der Waals surface area contributed by atoms with Crippen molar-refractivity contribution < 1.29 is 38.9 Å². The van der Waals surface area contributed by atoms with E-state index in [-0.39, 0.29) is 61.6 Å². The predicted molar refractivity (Wildman–Crippen MR) is 201 cm³/mol. The number of carboxylic acid groups (broad SMARTS) is 2. The van der Waals surface area contributed by atoms with E-state index in [1.54, 1.807) is 12.1 Å². The van der Waals surface area contributed by atoms with Gasteiger partial charge in [-0.25, -0.2) is 14.6 Å². The number of azide groups is 1.